The molecule has 2 saturated carbocycles. The monoisotopic (exact) mass is 423 g/mol. The molecule has 5 rings (SSSR count). The molecule has 2 bridgehead atoms. The van der Waals surface area contributed by atoms with Crippen molar-refractivity contribution in [3.63, 3.8) is 0 Å². The van der Waals surface area contributed by atoms with Gasteiger partial charge in [0.15, 0.2) is 5.69 Å². The highest BCUT2D eigenvalue weighted by Gasteiger charge is 2.59. The summed E-state index contributed by atoms with van der Waals surface area (Å²) in [4.78, 5) is 13.6. The summed E-state index contributed by atoms with van der Waals surface area (Å²) in [6, 6.07) is 6.61. The van der Waals surface area contributed by atoms with E-state index in [1.165, 1.54) is 31.4 Å². The van der Waals surface area contributed by atoms with Gasteiger partial charge in [-0.15, -0.1) is 0 Å². The van der Waals surface area contributed by atoms with Crippen molar-refractivity contribution in [1.29, 1.82) is 0 Å². The number of benzene rings is 1. The zero-order valence-corrected chi connectivity index (χ0v) is 19.2. The third-order valence-electron chi connectivity index (χ3n) is 8.71. The third-order valence-corrected chi connectivity index (χ3v) is 8.71. The number of amides is 1. The molecule has 31 heavy (non-hydrogen) atoms. The van der Waals surface area contributed by atoms with Crippen LogP contribution in [0.4, 0.5) is 4.39 Å². The second-order valence-corrected chi connectivity index (χ2v) is 10.9. The highest BCUT2D eigenvalue weighted by molar-refractivity contribution is 5.94. The molecule has 1 aromatic heterocycles. The molecule has 0 spiro atoms. The van der Waals surface area contributed by atoms with Gasteiger partial charge in [-0.05, 0) is 86.0 Å². The van der Waals surface area contributed by atoms with Crippen molar-refractivity contribution in [3.05, 3.63) is 47.0 Å². The van der Waals surface area contributed by atoms with E-state index >= 15 is 0 Å². The number of hydrogen-bond donors (Lipinski definition) is 1. The van der Waals surface area contributed by atoms with E-state index in [0.29, 0.717) is 17.5 Å². The van der Waals surface area contributed by atoms with E-state index in [1.807, 2.05) is 4.68 Å². The van der Waals surface area contributed by atoms with Gasteiger partial charge in [0, 0.05) is 17.5 Å². The predicted molar refractivity (Wildman–Crippen MR) is 120 cm³/mol. The Kier molecular flexibility index (Phi) is 4.80. The first kappa shape index (κ1) is 20.7. The smallest absolute Gasteiger partial charge is 0.272 e. The van der Waals surface area contributed by atoms with E-state index in [1.54, 1.807) is 12.1 Å². The Morgan fingerprint density at radius 2 is 1.97 bits per heavy atom. The van der Waals surface area contributed by atoms with Crippen LogP contribution in [-0.2, 0) is 6.42 Å². The van der Waals surface area contributed by atoms with E-state index in [9.17, 15) is 9.18 Å². The first-order chi connectivity index (χ1) is 14.7. The molecule has 0 radical (unpaired) electrons. The Morgan fingerprint density at radius 3 is 2.61 bits per heavy atom. The van der Waals surface area contributed by atoms with E-state index < -0.39 is 0 Å². The average Bonchev–Trinajstić information content (AvgIpc) is 3.38. The summed E-state index contributed by atoms with van der Waals surface area (Å²) < 4.78 is 15.4. The fraction of sp³-hybridized carbons (Fsp3) is 0.615. The van der Waals surface area contributed by atoms with Crippen LogP contribution in [0.3, 0.4) is 0 Å². The van der Waals surface area contributed by atoms with Gasteiger partial charge < -0.3 is 5.32 Å². The number of carbonyl (C=O) groups excluding carboxylic acids is 1. The van der Waals surface area contributed by atoms with Gasteiger partial charge in [0.05, 0.1) is 11.4 Å². The summed E-state index contributed by atoms with van der Waals surface area (Å²) in [5.41, 5.74) is 3.91. The zero-order valence-electron chi connectivity index (χ0n) is 19.2. The summed E-state index contributed by atoms with van der Waals surface area (Å²) in [7, 11) is 0. The molecule has 4 atom stereocenters. The number of aromatic nitrogens is 2. The van der Waals surface area contributed by atoms with Crippen molar-refractivity contribution in [3.8, 4) is 5.69 Å². The van der Waals surface area contributed by atoms with Gasteiger partial charge in [-0.3, -0.25) is 4.79 Å². The first-order valence-corrected chi connectivity index (χ1v) is 11.9. The first-order valence-electron chi connectivity index (χ1n) is 11.9. The molecule has 4 unspecified atom stereocenters. The molecule has 2 fully saturated rings. The number of halogens is 1. The second-order valence-electron chi connectivity index (χ2n) is 10.9. The minimum Gasteiger partial charge on any atom is -0.347 e. The Hall–Kier alpha value is -2.17. The number of carbonyl (C=O) groups is 1. The van der Waals surface area contributed by atoms with Crippen LogP contribution in [0.5, 0.6) is 0 Å². The van der Waals surface area contributed by atoms with Crippen molar-refractivity contribution in [2.24, 2.45) is 16.7 Å². The van der Waals surface area contributed by atoms with Crippen molar-refractivity contribution in [2.45, 2.75) is 84.6 Å². The molecule has 4 nitrogen and oxygen atoms in total. The largest absolute Gasteiger partial charge is 0.347 e. The summed E-state index contributed by atoms with van der Waals surface area (Å²) in [5.74, 6) is 0.750. The molecule has 3 aliphatic carbocycles. The molecule has 0 saturated heterocycles. The van der Waals surface area contributed by atoms with Crippen LogP contribution < -0.4 is 5.32 Å². The maximum atomic E-state index is 13.6. The molecule has 5 heteroatoms. The van der Waals surface area contributed by atoms with Gasteiger partial charge >= 0.3 is 0 Å². The maximum Gasteiger partial charge on any atom is 0.272 e. The maximum absolute atomic E-state index is 13.6. The number of nitrogens with zero attached hydrogens (tertiary/aromatic N) is 2. The molecular weight excluding hydrogens is 389 g/mol. The van der Waals surface area contributed by atoms with Crippen LogP contribution in [0.1, 0.15) is 93.9 Å². The zero-order chi connectivity index (χ0) is 22.0. The van der Waals surface area contributed by atoms with Crippen LogP contribution in [0.25, 0.3) is 5.69 Å². The van der Waals surface area contributed by atoms with Crippen LogP contribution in [0.15, 0.2) is 24.3 Å². The summed E-state index contributed by atoms with van der Waals surface area (Å²) in [5, 5.41) is 8.29. The average molecular weight is 424 g/mol. The van der Waals surface area contributed by atoms with Gasteiger partial charge in [0.25, 0.3) is 5.91 Å². The van der Waals surface area contributed by atoms with Crippen molar-refractivity contribution in [1.82, 2.24) is 15.1 Å². The van der Waals surface area contributed by atoms with Gasteiger partial charge in [-0.25, -0.2) is 9.07 Å². The minimum absolute atomic E-state index is 0.0410. The number of rotatable bonds is 4. The lowest BCUT2D eigenvalue weighted by Gasteiger charge is -2.43. The van der Waals surface area contributed by atoms with E-state index in [2.05, 4.69) is 33.0 Å². The number of fused-ring (bicyclic) bond motifs is 3. The third kappa shape index (κ3) is 3.15. The number of nitrogens with one attached hydrogen (secondary N) is 1. The van der Waals surface area contributed by atoms with Crippen molar-refractivity contribution in [2.75, 3.05) is 0 Å². The highest BCUT2D eigenvalue weighted by atomic mass is 19.1. The normalized spacial score (nSPS) is 30.9. The quantitative estimate of drug-likeness (QED) is 0.677. The molecule has 166 valence electrons. The molecule has 3 aliphatic rings. The lowest BCUT2D eigenvalue weighted by molar-refractivity contribution is 0.0732. The Morgan fingerprint density at radius 1 is 1.23 bits per heavy atom. The SMILES string of the molecule is CCC1CCCc2c(C(=O)NC3C4(C)CCC(C4)C3(C)C)nn(-c3ccc(F)cc3)c21. The van der Waals surface area contributed by atoms with Crippen LogP contribution in [0.2, 0.25) is 0 Å². The van der Waals surface area contributed by atoms with Crippen LogP contribution >= 0.6 is 0 Å². The van der Waals surface area contributed by atoms with Gasteiger partial charge in [-0.1, -0.05) is 27.7 Å². The fourth-order valence-electron chi connectivity index (χ4n) is 7.01. The molecule has 1 aromatic carbocycles. The molecule has 1 heterocycles. The topological polar surface area (TPSA) is 46.9 Å². The predicted octanol–water partition coefficient (Wildman–Crippen LogP) is 5.79. The van der Waals surface area contributed by atoms with E-state index in [0.717, 1.165) is 42.6 Å². The number of hydrogen-bond acceptors (Lipinski definition) is 2. The Bertz CT molecular complexity index is 1000. The fourth-order valence-corrected chi connectivity index (χ4v) is 7.01. The van der Waals surface area contributed by atoms with E-state index in [-0.39, 0.29) is 28.6 Å². The van der Waals surface area contributed by atoms with E-state index in [4.69, 9.17) is 5.10 Å². The van der Waals surface area contributed by atoms with Gasteiger partial charge in [0.1, 0.15) is 5.82 Å². The molecule has 2 aromatic rings. The van der Waals surface area contributed by atoms with Crippen LogP contribution in [-0.4, -0.2) is 21.7 Å². The minimum atomic E-state index is -0.262. The van der Waals surface area contributed by atoms with Crippen molar-refractivity contribution < 1.29 is 9.18 Å². The van der Waals surface area contributed by atoms with Gasteiger partial charge in [0.2, 0.25) is 0 Å². The molecule has 0 aliphatic heterocycles. The molecule has 1 N–H and O–H groups in total. The lowest BCUT2D eigenvalue weighted by atomic mass is 9.68. The summed E-state index contributed by atoms with van der Waals surface area (Å²) in [6.45, 7) is 9.16. The Balaban J connectivity index is 1.54. The standard InChI is InChI=1S/C26H34FN3O/c1-5-16-7-6-8-20-21(29-30(22(16)20)19-11-9-18(27)10-12-19)23(31)28-24-25(2,3)17-13-14-26(24,4)15-17/h9-12,16-17,24H,5-8,13-15H2,1-4H3,(H,28,31). The Labute approximate surface area is 184 Å². The summed E-state index contributed by atoms with van der Waals surface area (Å²) in [6.07, 6.45) is 7.72. The van der Waals surface area contributed by atoms with Crippen molar-refractivity contribution >= 4 is 5.91 Å². The lowest BCUT2D eigenvalue weighted by Crippen LogP contribution is -2.52. The second kappa shape index (κ2) is 7.18. The molecular formula is C26H34FN3O. The van der Waals surface area contributed by atoms with Crippen LogP contribution in [0, 0.1) is 22.6 Å². The summed E-state index contributed by atoms with van der Waals surface area (Å²) >= 11 is 0. The van der Waals surface area contributed by atoms with Gasteiger partial charge in [-0.2, -0.15) is 5.10 Å². The molecule has 1 amide bonds. The highest BCUT2D eigenvalue weighted by Crippen LogP contribution is 2.62.